The fourth-order valence-electron chi connectivity index (χ4n) is 3.44. The maximum absolute atomic E-state index is 13.0. The van der Waals surface area contributed by atoms with Gasteiger partial charge in [0.05, 0.1) is 24.9 Å². The molecule has 0 spiro atoms. The van der Waals surface area contributed by atoms with Crippen molar-refractivity contribution in [2.45, 2.75) is 13.0 Å². The van der Waals surface area contributed by atoms with Crippen molar-refractivity contribution in [1.82, 2.24) is 9.88 Å². The third kappa shape index (κ3) is 3.35. The second-order valence-corrected chi connectivity index (χ2v) is 8.68. The van der Waals surface area contributed by atoms with E-state index in [2.05, 4.69) is 10.3 Å². The molecule has 0 aliphatic carbocycles. The van der Waals surface area contributed by atoms with Gasteiger partial charge >= 0.3 is 0 Å². The number of thiazole rings is 1. The van der Waals surface area contributed by atoms with Gasteiger partial charge in [0.1, 0.15) is 0 Å². The largest absolute Gasteiger partial charge is 0.493 e. The Kier molecular flexibility index (Phi) is 4.76. The van der Waals surface area contributed by atoms with Crippen LogP contribution in [0, 0.1) is 0 Å². The molecule has 0 bridgehead atoms. The normalized spacial score (nSPS) is 13.3. The van der Waals surface area contributed by atoms with E-state index in [9.17, 15) is 9.59 Å². The van der Waals surface area contributed by atoms with E-state index in [0.717, 1.165) is 16.0 Å². The molecule has 30 heavy (non-hydrogen) atoms. The van der Waals surface area contributed by atoms with E-state index in [1.807, 2.05) is 17.5 Å². The zero-order chi connectivity index (χ0) is 20.7. The van der Waals surface area contributed by atoms with Crippen LogP contribution in [0.3, 0.4) is 0 Å². The lowest BCUT2D eigenvalue weighted by Crippen LogP contribution is -2.35. The van der Waals surface area contributed by atoms with Gasteiger partial charge < -0.3 is 14.1 Å². The third-order valence-electron chi connectivity index (χ3n) is 4.96. The maximum atomic E-state index is 13.0. The number of amides is 2. The average Bonchev–Trinajstić information content (AvgIpc) is 3.50. The smallest absolute Gasteiger partial charge is 0.289 e. The van der Waals surface area contributed by atoms with Crippen LogP contribution in [0.2, 0.25) is 0 Å². The molecule has 4 heterocycles. The van der Waals surface area contributed by atoms with E-state index in [4.69, 9.17) is 9.15 Å². The molecule has 7 nitrogen and oxygen atoms in total. The van der Waals surface area contributed by atoms with Crippen molar-refractivity contribution in [2.24, 2.45) is 0 Å². The van der Waals surface area contributed by atoms with Gasteiger partial charge in [0.15, 0.2) is 22.2 Å². The first-order valence-corrected chi connectivity index (χ1v) is 11.1. The van der Waals surface area contributed by atoms with E-state index < -0.39 is 0 Å². The quantitative estimate of drug-likeness (QED) is 0.509. The fourth-order valence-corrected chi connectivity index (χ4v) is 5.10. The molecule has 1 N–H and O–H groups in total. The van der Waals surface area contributed by atoms with Crippen LogP contribution in [0.25, 0.3) is 11.0 Å². The number of thiophene rings is 1. The topological polar surface area (TPSA) is 84.7 Å². The molecular weight excluding hydrogens is 422 g/mol. The van der Waals surface area contributed by atoms with Crippen LogP contribution < -0.4 is 10.1 Å². The zero-order valence-corrected chi connectivity index (χ0v) is 17.6. The molecule has 0 atom stereocenters. The Morgan fingerprint density at radius 3 is 3.00 bits per heavy atom. The molecule has 9 heteroatoms. The molecule has 5 rings (SSSR count). The van der Waals surface area contributed by atoms with Crippen LogP contribution in [-0.2, 0) is 13.0 Å². The van der Waals surface area contributed by atoms with Crippen molar-refractivity contribution in [3.8, 4) is 5.75 Å². The fraction of sp³-hybridized carbons (Fsp3) is 0.190. The molecule has 4 aromatic rings. The van der Waals surface area contributed by atoms with Crippen molar-refractivity contribution in [3.63, 3.8) is 0 Å². The Morgan fingerprint density at radius 1 is 1.30 bits per heavy atom. The molecule has 2 amide bonds. The Labute approximate surface area is 179 Å². The van der Waals surface area contributed by atoms with Crippen LogP contribution in [0.5, 0.6) is 5.75 Å². The maximum Gasteiger partial charge on any atom is 0.289 e. The summed E-state index contributed by atoms with van der Waals surface area (Å²) < 4.78 is 11.1. The summed E-state index contributed by atoms with van der Waals surface area (Å²) in [5.41, 5.74) is 2.11. The van der Waals surface area contributed by atoms with E-state index in [1.54, 1.807) is 35.6 Å². The van der Waals surface area contributed by atoms with Crippen LogP contribution in [0.1, 0.15) is 31.5 Å². The van der Waals surface area contributed by atoms with Gasteiger partial charge in [-0.05, 0) is 23.6 Å². The Bertz CT molecular complexity index is 1240. The first kappa shape index (κ1) is 18.8. The second-order valence-electron chi connectivity index (χ2n) is 6.82. The molecule has 0 saturated heterocycles. The predicted molar refractivity (Wildman–Crippen MR) is 116 cm³/mol. The van der Waals surface area contributed by atoms with E-state index in [1.165, 1.54) is 22.7 Å². The van der Waals surface area contributed by atoms with Gasteiger partial charge in [-0.25, -0.2) is 4.98 Å². The summed E-state index contributed by atoms with van der Waals surface area (Å²) in [5.74, 6) is 0.539. The molecular formula is C21H17N3O4S2. The number of aromatic nitrogens is 1. The molecule has 0 unspecified atom stereocenters. The number of ether oxygens (including phenoxy) is 1. The van der Waals surface area contributed by atoms with Gasteiger partial charge in [0.2, 0.25) is 0 Å². The zero-order valence-electron chi connectivity index (χ0n) is 16.0. The van der Waals surface area contributed by atoms with Crippen LogP contribution in [-0.4, -0.2) is 35.4 Å². The summed E-state index contributed by atoms with van der Waals surface area (Å²) in [6.07, 6.45) is 0.634. The van der Waals surface area contributed by atoms with Crippen LogP contribution in [0.4, 0.5) is 5.13 Å². The number of fused-ring (bicyclic) bond motifs is 2. The molecule has 1 aromatic carbocycles. The first-order chi connectivity index (χ1) is 14.6. The minimum atomic E-state index is -0.175. The van der Waals surface area contributed by atoms with Gasteiger partial charge in [0, 0.05) is 28.6 Å². The van der Waals surface area contributed by atoms with E-state index in [0.29, 0.717) is 41.5 Å². The number of rotatable bonds is 4. The standard InChI is InChI=1S/C21H17N3O4S2/c1-27-15-4-2-3-12-9-16(28-18(12)15)20(26)24-7-5-14-17(10-24)30-21(22-14)23-19(25)13-6-8-29-11-13/h2-4,6,8-9,11H,5,7,10H2,1H3,(H,22,23,25). The number of benzene rings is 1. The number of carbonyl (C=O) groups is 2. The number of carbonyl (C=O) groups excluding carboxylic acids is 2. The van der Waals surface area contributed by atoms with Gasteiger partial charge in [0.25, 0.3) is 11.8 Å². The molecule has 152 valence electrons. The number of methoxy groups -OCH3 is 1. The summed E-state index contributed by atoms with van der Waals surface area (Å²) in [5, 5.41) is 7.88. The Balaban J connectivity index is 1.33. The average molecular weight is 440 g/mol. The highest BCUT2D eigenvalue weighted by atomic mass is 32.1. The summed E-state index contributed by atoms with van der Waals surface area (Å²) in [7, 11) is 1.57. The van der Waals surface area contributed by atoms with Gasteiger partial charge in [-0.15, -0.1) is 0 Å². The number of para-hydroxylation sites is 1. The van der Waals surface area contributed by atoms with Crippen molar-refractivity contribution >= 4 is 50.6 Å². The summed E-state index contributed by atoms with van der Waals surface area (Å²) in [4.78, 5) is 32.5. The highest BCUT2D eigenvalue weighted by Gasteiger charge is 2.27. The molecule has 0 radical (unpaired) electrons. The molecule has 1 aliphatic heterocycles. The molecule has 0 fully saturated rings. The minimum absolute atomic E-state index is 0.170. The minimum Gasteiger partial charge on any atom is -0.493 e. The van der Waals surface area contributed by atoms with E-state index >= 15 is 0 Å². The van der Waals surface area contributed by atoms with Gasteiger partial charge in [-0.3, -0.25) is 14.9 Å². The van der Waals surface area contributed by atoms with Gasteiger partial charge in [-0.2, -0.15) is 11.3 Å². The second kappa shape index (κ2) is 7.58. The first-order valence-electron chi connectivity index (χ1n) is 9.30. The monoisotopic (exact) mass is 439 g/mol. The Hall–Kier alpha value is -3.17. The lowest BCUT2D eigenvalue weighted by atomic mass is 10.1. The number of hydrogen-bond acceptors (Lipinski definition) is 7. The van der Waals surface area contributed by atoms with E-state index in [-0.39, 0.29) is 17.6 Å². The molecule has 3 aromatic heterocycles. The SMILES string of the molecule is COc1cccc2cc(C(=O)N3CCc4nc(NC(=O)c5ccsc5)sc4C3)oc12. The third-order valence-corrected chi connectivity index (χ3v) is 6.64. The lowest BCUT2D eigenvalue weighted by Gasteiger charge is -2.25. The number of furan rings is 1. The summed E-state index contributed by atoms with van der Waals surface area (Å²) in [6, 6.07) is 9.07. The number of nitrogens with zero attached hydrogens (tertiary/aromatic N) is 2. The van der Waals surface area contributed by atoms with Crippen molar-refractivity contribution in [1.29, 1.82) is 0 Å². The summed E-state index contributed by atoms with van der Waals surface area (Å²) >= 11 is 2.88. The van der Waals surface area contributed by atoms with Crippen molar-refractivity contribution in [3.05, 3.63) is 63.0 Å². The number of nitrogens with one attached hydrogen (secondary N) is 1. The highest BCUT2D eigenvalue weighted by molar-refractivity contribution is 7.16. The number of hydrogen-bond donors (Lipinski definition) is 1. The van der Waals surface area contributed by atoms with Crippen molar-refractivity contribution in [2.75, 3.05) is 19.0 Å². The van der Waals surface area contributed by atoms with Crippen molar-refractivity contribution < 1.29 is 18.7 Å². The van der Waals surface area contributed by atoms with Gasteiger partial charge in [-0.1, -0.05) is 23.5 Å². The van der Waals surface area contributed by atoms with Crippen LogP contribution in [0.15, 0.2) is 45.5 Å². The highest BCUT2D eigenvalue weighted by Crippen LogP contribution is 2.32. The molecule has 0 saturated carbocycles. The number of anilines is 1. The Morgan fingerprint density at radius 2 is 2.20 bits per heavy atom. The molecule has 1 aliphatic rings. The predicted octanol–water partition coefficient (Wildman–Crippen LogP) is 4.41. The lowest BCUT2D eigenvalue weighted by molar-refractivity contribution is 0.0706. The summed E-state index contributed by atoms with van der Waals surface area (Å²) in [6.45, 7) is 0.982. The van der Waals surface area contributed by atoms with Crippen LogP contribution >= 0.6 is 22.7 Å².